The summed E-state index contributed by atoms with van der Waals surface area (Å²) in [5, 5.41) is 12.1. The number of amides is 1. The van der Waals surface area contributed by atoms with Gasteiger partial charge in [-0.15, -0.1) is 0 Å². The summed E-state index contributed by atoms with van der Waals surface area (Å²) in [4.78, 5) is 13.8. The molecule has 0 aromatic carbocycles. The standard InChI is InChI=1S/C11H22N2O3/c1-3-4-12-11(15)9(2)13-5-6-16-8-10(13)7-14/h9-10,14H,3-8H2,1-2H3,(H,12,15). The Kier molecular flexibility index (Phi) is 5.73. The molecule has 1 saturated heterocycles. The zero-order valence-electron chi connectivity index (χ0n) is 10.1. The van der Waals surface area contributed by atoms with Crippen LogP contribution in [0.1, 0.15) is 20.3 Å². The van der Waals surface area contributed by atoms with Gasteiger partial charge in [-0.25, -0.2) is 0 Å². The number of morpholine rings is 1. The SMILES string of the molecule is CCCNC(=O)C(C)N1CCOCC1CO. The maximum Gasteiger partial charge on any atom is 0.237 e. The number of aliphatic hydroxyl groups excluding tert-OH is 1. The minimum Gasteiger partial charge on any atom is -0.395 e. The number of nitrogens with zero attached hydrogens (tertiary/aromatic N) is 1. The fourth-order valence-corrected chi connectivity index (χ4v) is 1.88. The molecule has 1 aliphatic heterocycles. The molecular weight excluding hydrogens is 208 g/mol. The molecule has 0 aromatic heterocycles. The topological polar surface area (TPSA) is 61.8 Å². The Morgan fingerprint density at radius 1 is 1.69 bits per heavy atom. The van der Waals surface area contributed by atoms with Crippen LogP contribution >= 0.6 is 0 Å². The summed E-state index contributed by atoms with van der Waals surface area (Å²) in [5.41, 5.74) is 0. The van der Waals surface area contributed by atoms with Crippen molar-refractivity contribution in [2.45, 2.75) is 32.4 Å². The van der Waals surface area contributed by atoms with Crippen LogP contribution in [0.4, 0.5) is 0 Å². The first-order valence-corrected chi connectivity index (χ1v) is 5.92. The number of nitrogens with one attached hydrogen (secondary N) is 1. The lowest BCUT2D eigenvalue weighted by molar-refractivity contribution is -0.130. The van der Waals surface area contributed by atoms with Gasteiger partial charge in [0.05, 0.1) is 31.9 Å². The molecule has 94 valence electrons. The molecule has 0 spiro atoms. The number of hydrogen-bond acceptors (Lipinski definition) is 4. The van der Waals surface area contributed by atoms with E-state index in [-0.39, 0.29) is 24.6 Å². The largest absolute Gasteiger partial charge is 0.395 e. The molecule has 0 aliphatic carbocycles. The number of aliphatic hydroxyl groups is 1. The zero-order chi connectivity index (χ0) is 12.0. The number of rotatable bonds is 5. The Hall–Kier alpha value is -0.650. The molecule has 16 heavy (non-hydrogen) atoms. The molecule has 1 heterocycles. The van der Waals surface area contributed by atoms with E-state index in [4.69, 9.17) is 4.74 Å². The Morgan fingerprint density at radius 2 is 2.44 bits per heavy atom. The highest BCUT2D eigenvalue weighted by Gasteiger charge is 2.29. The zero-order valence-corrected chi connectivity index (χ0v) is 10.1. The lowest BCUT2D eigenvalue weighted by Gasteiger charge is -2.37. The lowest BCUT2D eigenvalue weighted by Crippen LogP contribution is -2.56. The number of carbonyl (C=O) groups is 1. The van der Waals surface area contributed by atoms with Gasteiger partial charge in [-0.3, -0.25) is 9.69 Å². The molecule has 5 heteroatoms. The maximum atomic E-state index is 11.8. The Labute approximate surface area is 96.8 Å². The minimum atomic E-state index is -0.201. The molecule has 1 aliphatic rings. The third kappa shape index (κ3) is 3.43. The van der Waals surface area contributed by atoms with E-state index >= 15 is 0 Å². The van der Waals surface area contributed by atoms with Crippen LogP contribution < -0.4 is 5.32 Å². The molecule has 0 bridgehead atoms. The third-order valence-electron chi connectivity index (χ3n) is 2.91. The van der Waals surface area contributed by atoms with E-state index in [1.165, 1.54) is 0 Å². The van der Waals surface area contributed by atoms with E-state index in [0.717, 1.165) is 6.42 Å². The first-order valence-electron chi connectivity index (χ1n) is 5.92. The van der Waals surface area contributed by atoms with Gasteiger partial charge in [-0.2, -0.15) is 0 Å². The van der Waals surface area contributed by atoms with Crippen molar-refractivity contribution in [3.8, 4) is 0 Å². The van der Waals surface area contributed by atoms with E-state index < -0.39 is 0 Å². The minimum absolute atomic E-state index is 0.0298. The Balaban J connectivity index is 2.49. The number of hydrogen-bond donors (Lipinski definition) is 2. The maximum absolute atomic E-state index is 11.8. The van der Waals surface area contributed by atoms with Crippen LogP contribution in [0.2, 0.25) is 0 Å². The fraction of sp³-hybridized carbons (Fsp3) is 0.909. The summed E-state index contributed by atoms with van der Waals surface area (Å²) < 4.78 is 5.28. The summed E-state index contributed by atoms with van der Waals surface area (Å²) in [7, 11) is 0. The lowest BCUT2D eigenvalue weighted by atomic mass is 10.1. The van der Waals surface area contributed by atoms with Crippen LogP contribution in [0.15, 0.2) is 0 Å². The second-order valence-electron chi connectivity index (χ2n) is 4.12. The molecule has 0 saturated carbocycles. The van der Waals surface area contributed by atoms with Crippen molar-refractivity contribution in [1.29, 1.82) is 0 Å². The summed E-state index contributed by atoms with van der Waals surface area (Å²) in [6.07, 6.45) is 0.936. The van der Waals surface area contributed by atoms with Gasteiger partial charge in [0, 0.05) is 13.1 Å². The number of ether oxygens (including phenoxy) is 1. The van der Waals surface area contributed by atoms with Gasteiger partial charge < -0.3 is 15.2 Å². The monoisotopic (exact) mass is 230 g/mol. The second-order valence-corrected chi connectivity index (χ2v) is 4.12. The average Bonchev–Trinajstić information content (AvgIpc) is 2.34. The molecular formula is C11H22N2O3. The van der Waals surface area contributed by atoms with Gasteiger partial charge in [-0.1, -0.05) is 6.92 Å². The second kappa shape index (κ2) is 6.83. The molecule has 0 aromatic rings. The van der Waals surface area contributed by atoms with Gasteiger partial charge in [0.25, 0.3) is 0 Å². The predicted molar refractivity (Wildman–Crippen MR) is 61.2 cm³/mol. The van der Waals surface area contributed by atoms with Crippen LogP contribution in [0.25, 0.3) is 0 Å². The molecule has 1 fully saturated rings. The van der Waals surface area contributed by atoms with Crippen molar-refractivity contribution in [1.82, 2.24) is 10.2 Å². The van der Waals surface area contributed by atoms with Crippen LogP contribution in [0.5, 0.6) is 0 Å². The van der Waals surface area contributed by atoms with Gasteiger partial charge in [0.2, 0.25) is 5.91 Å². The quantitative estimate of drug-likeness (QED) is 0.674. The number of carbonyl (C=O) groups excluding carboxylic acids is 1. The van der Waals surface area contributed by atoms with E-state index in [2.05, 4.69) is 5.32 Å². The molecule has 2 unspecified atom stereocenters. The average molecular weight is 230 g/mol. The Bertz CT molecular complexity index is 223. The molecule has 1 rings (SSSR count). The van der Waals surface area contributed by atoms with Crippen LogP contribution in [0, 0.1) is 0 Å². The van der Waals surface area contributed by atoms with Gasteiger partial charge in [0.15, 0.2) is 0 Å². The Morgan fingerprint density at radius 3 is 3.06 bits per heavy atom. The van der Waals surface area contributed by atoms with Crippen LogP contribution in [0.3, 0.4) is 0 Å². The van der Waals surface area contributed by atoms with Crippen LogP contribution in [-0.4, -0.2) is 60.9 Å². The van der Waals surface area contributed by atoms with E-state index in [0.29, 0.717) is 26.3 Å². The third-order valence-corrected chi connectivity index (χ3v) is 2.91. The highest BCUT2D eigenvalue weighted by molar-refractivity contribution is 5.81. The molecule has 2 atom stereocenters. The van der Waals surface area contributed by atoms with Crippen molar-refractivity contribution in [2.24, 2.45) is 0 Å². The highest BCUT2D eigenvalue weighted by atomic mass is 16.5. The van der Waals surface area contributed by atoms with Crippen molar-refractivity contribution in [2.75, 3.05) is 32.9 Å². The summed E-state index contributed by atoms with van der Waals surface area (Å²) >= 11 is 0. The highest BCUT2D eigenvalue weighted by Crippen LogP contribution is 2.10. The predicted octanol–water partition coefficient (Wildman–Crippen LogP) is -0.406. The van der Waals surface area contributed by atoms with Gasteiger partial charge >= 0.3 is 0 Å². The van der Waals surface area contributed by atoms with Crippen molar-refractivity contribution < 1.29 is 14.6 Å². The normalized spacial score (nSPS) is 24.1. The fourth-order valence-electron chi connectivity index (χ4n) is 1.88. The first kappa shape index (κ1) is 13.4. The van der Waals surface area contributed by atoms with Gasteiger partial charge in [-0.05, 0) is 13.3 Å². The first-order chi connectivity index (χ1) is 7.70. The van der Waals surface area contributed by atoms with Crippen molar-refractivity contribution in [3.05, 3.63) is 0 Å². The summed E-state index contributed by atoms with van der Waals surface area (Å²) in [6, 6.07) is -0.260. The molecule has 1 amide bonds. The van der Waals surface area contributed by atoms with Crippen LogP contribution in [-0.2, 0) is 9.53 Å². The van der Waals surface area contributed by atoms with Crippen molar-refractivity contribution >= 4 is 5.91 Å². The summed E-state index contributed by atoms with van der Waals surface area (Å²) in [6.45, 7) is 6.47. The van der Waals surface area contributed by atoms with Gasteiger partial charge in [0.1, 0.15) is 0 Å². The van der Waals surface area contributed by atoms with E-state index in [1.807, 2.05) is 18.7 Å². The van der Waals surface area contributed by atoms with E-state index in [1.54, 1.807) is 0 Å². The van der Waals surface area contributed by atoms with E-state index in [9.17, 15) is 9.90 Å². The smallest absolute Gasteiger partial charge is 0.237 e. The molecule has 5 nitrogen and oxygen atoms in total. The summed E-state index contributed by atoms with van der Waals surface area (Å²) in [5.74, 6) is 0.0298. The molecule has 0 radical (unpaired) electrons. The van der Waals surface area contributed by atoms with Crippen molar-refractivity contribution in [3.63, 3.8) is 0 Å². The molecule has 2 N–H and O–H groups in total.